The average molecular weight is 423 g/mol. The molecule has 158 valence electrons. The highest BCUT2D eigenvalue weighted by molar-refractivity contribution is 6.04. The highest BCUT2D eigenvalue weighted by atomic mass is 19.4. The predicted octanol–water partition coefficient (Wildman–Crippen LogP) is 3.61. The van der Waals surface area contributed by atoms with E-state index in [1.54, 1.807) is 0 Å². The molecule has 3 rings (SSSR count). The number of nitrogens with one attached hydrogen (secondary N) is 1. The van der Waals surface area contributed by atoms with Gasteiger partial charge >= 0.3 is 6.18 Å². The van der Waals surface area contributed by atoms with Crippen LogP contribution >= 0.6 is 0 Å². The molecule has 1 N–H and O–H groups in total. The van der Waals surface area contributed by atoms with Crippen molar-refractivity contribution in [3.63, 3.8) is 0 Å². The number of benzene rings is 2. The van der Waals surface area contributed by atoms with Crippen LogP contribution in [0.4, 0.5) is 30.2 Å². The van der Waals surface area contributed by atoms with E-state index in [9.17, 15) is 32.9 Å². The van der Waals surface area contributed by atoms with E-state index < -0.39 is 34.4 Å². The van der Waals surface area contributed by atoms with Gasteiger partial charge in [-0.25, -0.2) is 0 Å². The van der Waals surface area contributed by atoms with E-state index in [-0.39, 0.29) is 35.8 Å². The Labute approximate surface area is 168 Å². The number of rotatable bonds is 5. The number of alkyl halides is 3. The summed E-state index contributed by atoms with van der Waals surface area (Å²) in [7, 11) is 1.29. The molecule has 1 heterocycles. The van der Waals surface area contributed by atoms with Gasteiger partial charge in [-0.3, -0.25) is 19.7 Å². The summed E-state index contributed by atoms with van der Waals surface area (Å²) in [5.41, 5.74) is -0.891. The number of carbonyl (C=O) groups excluding carboxylic acids is 2. The number of carbonyl (C=O) groups is 2. The molecule has 11 heteroatoms. The lowest BCUT2D eigenvalue weighted by Crippen LogP contribution is -2.28. The third-order valence-electron chi connectivity index (χ3n) is 4.62. The van der Waals surface area contributed by atoms with Crippen LogP contribution in [0.2, 0.25) is 0 Å². The van der Waals surface area contributed by atoms with Gasteiger partial charge in [-0.05, 0) is 24.3 Å². The number of hydrogen-bond acceptors (Lipinski definition) is 5. The lowest BCUT2D eigenvalue weighted by atomic mass is 10.1. The number of amides is 2. The number of ether oxygens (including phenoxy) is 1. The van der Waals surface area contributed by atoms with Crippen molar-refractivity contribution in [3.8, 4) is 5.75 Å². The van der Waals surface area contributed by atoms with Crippen LogP contribution in [0.15, 0.2) is 42.5 Å². The van der Waals surface area contributed by atoms with Crippen LogP contribution in [0.3, 0.4) is 0 Å². The minimum atomic E-state index is -4.55. The van der Waals surface area contributed by atoms with Crippen LogP contribution < -0.4 is 15.0 Å². The van der Waals surface area contributed by atoms with Crippen molar-refractivity contribution < 1.29 is 32.4 Å². The Morgan fingerprint density at radius 1 is 1.27 bits per heavy atom. The first kappa shape index (κ1) is 21.1. The Kier molecular flexibility index (Phi) is 5.63. The number of nitro groups is 1. The topological polar surface area (TPSA) is 102 Å². The van der Waals surface area contributed by atoms with E-state index in [1.165, 1.54) is 42.3 Å². The van der Waals surface area contributed by atoms with Gasteiger partial charge in [0.1, 0.15) is 5.75 Å². The highest BCUT2D eigenvalue weighted by Crippen LogP contribution is 2.36. The quantitative estimate of drug-likeness (QED) is 0.585. The number of methoxy groups -OCH3 is 1. The maximum Gasteiger partial charge on any atom is 0.416 e. The standard InChI is InChI=1S/C19H16F3N3O5/c1-30-16-9-14(25(28)29)5-6-15(16)24-10-11(7-17(24)26)18(27)23-13-4-2-3-12(8-13)19(20,21)22/h2-6,8-9,11H,7,10H2,1H3,(H,23,27)/t11-/m1/s1. The normalized spacial score (nSPS) is 16.5. The van der Waals surface area contributed by atoms with E-state index in [2.05, 4.69) is 5.32 Å². The number of halogens is 3. The zero-order valence-electron chi connectivity index (χ0n) is 15.6. The van der Waals surface area contributed by atoms with Gasteiger partial charge in [0.2, 0.25) is 11.8 Å². The summed E-state index contributed by atoms with van der Waals surface area (Å²) < 4.78 is 43.6. The minimum absolute atomic E-state index is 0.0337. The molecule has 2 amide bonds. The molecule has 2 aromatic carbocycles. The Morgan fingerprint density at radius 3 is 2.63 bits per heavy atom. The van der Waals surface area contributed by atoms with Crippen LogP contribution in [-0.2, 0) is 15.8 Å². The van der Waals surface area contributed by atoms with Gasteiger partial charge in [0, 0.05) is 24.7 Å². The van der Waals surface area contributed by atoms with E-state index in [0.717, 1.165) is 12.1 Å². The fourth-order valence-electron chi connectivity index (χ4n) is 3.14. The Hall–Kier alpha value is -3.63. The van der Waals surface area contributed by atoms with Gasteiger partial charge in [0.05, 0.1) is 35.3 Å². The third-order valence-corrected chi connectivity index (χ3v) is 4.62. The Balaban J connectivity index is 1.76. The molecule has 0 bridgehead atoms. The molecular formula is C19H16F3N3O5. The predicted molar refractivity (Wildman–Crippen MR) is 100 cm³/mol. The van der Waals surface area contributed by atoms with Crippen LogP contribution in [0.5, 0.6) is 5.75 Å². The van der Waals surface area contributed by atoms with Gasteiger partial charge in [0.15, 0.2) is 0 Å². The van der Waals surface area contributed by atoms with Gasteiger partial charge in [-0.15, -0.1) is 0 Å². The summed E-state index contributed by atoms with van der Waals surface area (Å²) in [4.78, 5) is 36.5. The second-order valence-electron chi connectivity index (χ2n) is 6.59. The van der Waals surface area contributed by atoms with Crippen molar-refractivity contribution in [3.05, 3.63) is 58.1 Å². The summed E-state index contributed by atoms with van der Waals surface area (Å²) in [6.07, 6.45) is -4.71. The second-order valence-corrected chi connectivity index (χ2v) is 6.59. The largest absolute Gasteiger partial charge is 0.494 e. The van der Waals surface area contributed by atoms with E-state index in [1.807, 2.05) is 0 Å². The molecule has 30 heavy (non-hydrogen) atoms. The summed E-state index contributed by atoms with van der Waals surface area (Å²) in [6.45, 7) is -0.0439. The van der Waals surface area contributed by atoms with E-state index in [0.29, 0.717) is 0 Å². The molecule has 0 radical (unpaired) electrons. The van der Waals surface area contributed by atoms with Crippen LogP contribution in [0, 0.1) is 16.0 Å². The van der Waals surface area contributed by atoms with Crippen LogP contribution in [0.25, 0.3) is 0 Å². The molecule has 1 saturated heterocycles. The molecule has 0 aliphatic carbocycles. The van der Waals surface area contributed by atoms with Gasteiger partial charge in [-0.2, -0.15) is 13.2 Å². The molecule has 1 fully saturated rings. The van der Waals surface area contributed by atoms with Crippen molar-refractivity contribution in [2.45, 2.75) is 12.6 Å². The molecule has 0 aromatic heterocycles. The zero-order valence-corrected chi connectivity index (χ0v) is 15.6. The fourth-order valence-corrected chi connectivity index (χ4v) is 3.14. The van der Waals surface area contributed by atoms with Crippen molar-refractivity contribution in [2.75, 3.05) is 23.9 Å². The summed E-state index contributed by atoms with van der Waals surface area (Å²) in [6, 6.07) is 7.91. The van der Waals surface area contributed by atoms with Crippen molar-refractivity contribution in [2.24, 2.45) is 5.92 Å². The molecule has 0 spiro atoms. The van der Waals surface area contributed by atoms with Crippen molar-refractivity contribution in [1.82, 2.24) is 0 Å². The maximum atomic E-state index is 12.8. The average Bonchev–Trinajstić information content (AvgIpc) is 3.08. The maximum absolute atomic E-state index is 12.8. The molecule has 0 saturated carbocycles. The van der Waals surface area contributed by atoms with Gasteiger partial charge < -0.3 is 15.0 Å². The smallest absolute Gasteiger partial charge is 0.416 e. The van der Waals surface area contributed by atoms with Gasteiger partial charge in [0.25, 0.3) is 5.69 Å². The first-order chi connectivity index (χ1) is 14.1. The van der Waals surface area contributed by atoms with Crippen LogP contribution in [-0.4, -0.2) is 30.4 Å². The molecular weight excluding hydrogens is 407 g/mol. The molecule has 0 unspecified atom stereocenters. The Bertz CT molecular complexity index is 1010. The molecule has 2 aromatic rings. The highest BCUT2D eigenvalue weighted by Gasteiger charge is 2.37. The number of non-ortho nitro benzene ring substituents is 1. The summed E-state index contributed by atoms with van der Waals surface area (Å²) in [5, 5.41) is 13.3. The molecule has 1 aliphatic heterocycles. The number of nitro benzene ring substituents is 1. The molecule has 8 nitrogen and oxygen atoms in total. The Morgan fingerprint density at radius 2 is 2.00 bits per heavy atom. The van der Waals surface area contributed by atoms with Gasteiger partial charge in [-0.1, -0.05) is 6.07 Å². The number of anilines is 2. The van der Waals surface area contributed by atoms with Crippen molar-refractivity contribution >= 4 is 28.9 Å². The van der Waals surface area contributed by atoms with Crippen molar-refractivity contribution in [1.29, 1.82) is 0 Å². The molecule has 1 atom stereocenters. The van der Waals surface area contributed by atoms with Crippen LogP contribution in [0.1, 0.15) is 12.0 Å². The summed E-state index contributed by atoms with van der Waals surface area (Å²) >= 11 is 0. The number of nitrogens with zero attached hydrogens (tertiary/aromatic N) is 2. The SMILES string of the molecule is COc1cc([N+](=O)[O-])ccc1N1C[C@H](C(=O)Nc2cccc(C(F)(F)F)c2)CC1=O. The number of hydrogen-bond donors (Lipinski definition) is 1. The second kappa shape index (κ2) is 8.01. The first-order valence-corrected chi connectivity index (χ1v) is 8.71. The third kappa shape index (κ3) is 4.34. The minimum Gasteiger partial charge on any atom is -0.494 e. The lowest BCUT2D eigenvalue weighted by molar-refractivity contribution is -0.384. The summed E-state index contributed by atoms with van der Waals surface area (Å²) in [5.74, 6) is -1.74. The zero-order chi connectivity index (χ0) is 22.1. The van der Waals surface area contributed by atoms with E-state index >= 15 is 0 Å². The monoisotopic (exact) mass is 423 g/mol. The van der Waals surface area contributed by atoms with E-state index in [4.69, 9.17) is 4.74 Å². The fraction of sp³-hybridized carbons (Fsp3) is 0.263. The molecule has 1 aliphatic rings. The lowest BCUT2D eigenvalue weighted by Gasteiger charge is -2.19. The first-order valence-electron chi connectivity index (χ1n) is 8.71.